The van der Waals surface area contributed by atoms with E-state index < -0.39 is 12.1 Å². The van der Waals surface area contributed by atoms with Gasteiger partial charge >= 0.3 is 6.09 Å². The first-order valence-electron chi connectivity index (χ1n) is 16.4. The number of likely N-dealkylation sites (tertiary alicyclic amines) is 1. The molecule has 11 heteroatoms. The van der Waals surface area contributed by atoms with E-state index in [-0.39, 0.29) is 23.9 Å². The van der Waals surface area contributed by atoms with Crippen LogP contribution < -0.4 is 5.32 Å². The van der Waals surface area contributed by atoms with Gasteiger partial charge in [-0.05, 0) is 56.7 Å². The lowest BCUT2D eigenvalue weighted by molar-refractivity contribution is -0.135. The topological polar surface area (TPSA) is 136 Å². The highest BCUT2D eigenvalue weighted by atomic mass is 16.5. The number of carbonyl (C=O) groups excluding carboxylic acids is 3. The zero-order valence-electron chi connectivity index (χ0n) is 28.1. The lowest BCUT2D eigenvalue weighted by Crippen LogP contribution is -2.48. The van der Waals surface area contributed by atoms with Crippen molar-refractivity contribution in [1.82, 2.24) is 35.1 Å². The molecular weight excluding hydrogens is 594 g/mol. The van der Waals surface area contributed by atoms with Gasteiger partial charge in [0.15, 0.2) is 0 Å². The minimum atomic E-state index is -0.728. The van der Waals surface area contributed by atoms with Crippen LogP contribution in [0.3, 0.4) is 0 Å². The molecule has 1 aliphatic heterocycles. The molecule has 11 nitrogen and oxygen atoms in total. The summed E-state index contributed by atoms with van der Waals surface area (Å²) in [4.78, 5) is 57.3. The largest absolute Gasteiger partial charge is 0.453 e. The molecule has 0 saturated carbocycles. The molecule has 3 N–H and O–H groups in total. The molecule has 1 unspecified atom stereocenters. The Kier molecular flexibility index (Phi) is 10.4. The van der Waals surface area contributed by atoms with Crippen LogP contribution in [0.5, 0.6) is 0 Å². The molecule has 0 bridgehead atoms. The van der Waals surface area contributed by atoms with Crippen molar-refractivity contribution in [2.75, 3.05) is 20.2 Å². The summed E-state index contributed by atoms with van der Waals surface area (Å²) in [7, 11) is 1.27. The second-order valence-corrected chi connectivity index (χ2v) is 12.1. The summed E-state index contributed by atoms with van der Waals surface area (Å²) in [5.74, 6) is 1.50. The number of hydrogen-bond acceptors (Lipinski definition) is 6. The number of carbonyl (C=O) groups is 3. The van der Waals surface area contributed by atoms with E-state index in [0.717, 1.165) is 71.0 Å². The van der Waals surface area contributed by atoms with Gasteiger partial charge in [-0.25, -0.2) is 14.8 Å². The van der Waals surface area contributed by atoms with Crippen LogP contribution in [0.1, 0.15) is 82.8 Å². The van der Waals surface area contributed by atoms with Crippen molar-refractivity contribution in [2.24, 2.45) is 0 Å². The van der Waals surface area contributed by atoms with E-state index in [2.05, 4.69) is 73.5 Å². The molecule has 3 heterocycles. The van der Waals surface area contributed by atoms with Crippen molar-refractivity contribution < 1.29 is 19.1 Å². The zero-order valence-corrected chi connectivity index (χ0v) is 28.1. The third kappa shape index (κ3) is 7.24. The number of rotatable bonds is 11. The Bertz CT molecular complexity index is 1690. The predicted octanol–water partition coefficient (Wildman–Crippen LogP) is 6.56. The summed E-state index contributed by atoms with van der Waals surface area (Å²) in [5, 5.41) is 2.56. The summed E-state index contributed by atoms with van der Waals surface area (Å²) < 4.78 is 4.65. The Morgan fingerprint density at radius 1 is 1.00 bits per heavy atom. The van der Waals surface area contributed by atoms with E-state index in [0.29, 0.717) is 18.8 Å². The second kappa shape index (κ2) is 14.7. The van der Waals surface area contributed by atoms with Crippen LogP contribution in [0.2, 0.25) is 0 Å². The highest BCUT2D eigenvalue weighted by Crippen LogP contribution is 2.34. The van der Waals surface area contributed by atoms with Crippen molar-refractivity contribution >= 4 is 17.9 Å². The first-order chi connectivity index (χ1) is 22.6. The lowest BCUT2D eigenvalue weighted by atomic mass is 10.0. The van der Waals surface area contributed by atoms with Crippen LogP contribution in [0, 0.1) is 6.92 Å². The molecule has 0 aliphatic carbocycles. The molecule has 248 valence electrons. The summed E-state index contributed by atoms with van der Waals surface area (Å²) in [6.07, 6.45) is 4.33. The third-order valence-electron chi connectivity index (χ3n) is 8.88. The number of alkyl carbamates (subject to hydrolysis) is 1. The number of aromatic nitrogens is 4. The van der Waals surface area contributed by atoms with Gasteiger partial charge in [0.05, 0.1) is 36.8 Å². The first-order valence-corrected chi connectivity index (χ1v) is 16.4. The quantitative estimate of drug-likeness (QED) is 0.170. The smallest absolute Gasteiger partial charge is 0.407 e. The molecule has 1 saturated heterocycles. The van der Waals surface area contributed by atoms with E-state index in [1.165, 1.54) is 7.11 Å². The first kappa shape index (κ1) is 33.4. The summed E-state index contributed by atoms with van der Waals surface area (Å²) in [5.41, 5.74) is 6.94. The van der Waals surface area contributed by atoms with E-state index in [1.54, 1.807) is 18.0 Å². The lowest BCUT2D eigenvalue weighted by Gasteiger charge is -2.30. The van der Waals surface area contributed by atoms with Crippen molar-refractivity contribution in [3.8, 4) is 33.6 Å². The van der Waals surface area contributed by atoms with E-state index in [9.17, 15) is 14.4 Å². The molecule has 4 aromatic rings. The van der Waals surface area contributed by atoms with Crippen LogP contribution in [0.15, 0.2) is 54.7 Å². The number of aromatic amines is 2. The van der Waals surface area contributed by atoms with Crippen molar-refractivity contribution in [1.29, 1.82) is 0 Å². The number of imidazole rings is 2. The molecule has 1 aliphatic rings. The van der Waals surface area contributed by atoms with Crippen LogP contribution in [-0.2, 0) is 14.3 Å². The van der Waals surface area contributed by atoms with E-state index in [1.807, 2.05) is 32.6 Å². The van der Waals surface area contributed by atoms with Gasteiger partial charge in [0.1, 0.15) is 17.7 Å². The number of benzene rings is 2. The number of nitrogens with zero attached hydrogens (tertiary/aromatic N) is 4. The van der Waals surface area contributed by atoms with Gasteiger partial charge in [-0.2, -0.15) is 0 Å². The fourth-order valence-corrected chi connectivity index (χ4v) is 6.26. The van der Waals surface area contributed by atoms with Gasteiger partial charge in [-0.3, -0.25) is 9.59 Å². The fraction of sp³-hybridized carbons (Fsp3) is 0.417. The maximum absolute atomic E-state index is 13.2. The Morgan fingerprint density at radius 2 is 1.64 bits per heavy atom. The predicted molar refractivity (Wildman–Crippen MR) is 181 cm³/mol. The SMILES string of the molecule is CCCN(C(=O)C(C)NC(=O)OC)[C@@H](C)c1ncc(-c2ccc(-c3ccc(-c4nc([C@@H]5CCCN5C(=O)CC)[nH]c4C)cc3)cc2)[nH]1. The Hall–Kier alpha value is -4.93. The maximum atomic E-state index is 13.2. The third-order valence-corrected chi connectivity index (χ3v) is 8.88. The van der Waals surface area contributed by atoms with Crippen molar-refractivity contribution in [3.05, 3.63) is 72.1 Å². The molecule has 47 heavy (non-hydrogen) atoms. The summed E-state index contributed by atoms with van der Waals surface area (Å²) >= 11 is 0. The van der Waals surface area contributed by atoms with Gasteiger partial charge < -0.3 is 29.8 Å². The molecular formula is C36H45N7O4. The molecule has 2 aromatic heterocycles. The van der Waals surface area contributed by atoms with E-state index >= 15 is 0 Å². The highest BCUT2D eigenvalue weighted by molar-refractivity contribution is 5.85. The van der Waals surface area contributed by atoms with Crippen LogP contribution in [0.25, 0.3) is 33.6 Å². The highest BCUT2D eigenvalue weighted by Gasteiger charge is 2.32. The van der Waals surface area contributed by atoms with Crippen molar-refractivity contribution in [3.63, 3.8) is 0 Å². The number of methoxy groups -OCH3 is 1. The zero-order chi connectivity index (χ0) is 33.7. The Morgan fingerprint density at radius 3 is 2.26 bits per heavy atom. The van der Waals surface area contributed by atoms with Gasteiger partial charge in [-0.1, -0.05) is 62.4 Å². The van der Waals surface area contributed by atoms with Gasteiger partial charge in [-0.15, -0.1) is 0 Å². The molecule has 5 rings (SSSR count). The minimum Gasteiger partial charge on any atom is -0.453 e. The number of hydrogen-bond donors (Lipinski definition) is 3. The van der Waals surface area contributed by atoms with Crippen LogP contribution >= 0.6 is 0 Å². The number of H-pyrrole nitrogens is 2. The van der Waals surface area contributed by atoms with Crippen molar-refractivity contribution in [2.45, 2.75) is 78.4 Å². The fourth-order valence-electron chi connectivity index (χ4n) is 6.26. The molecule has 3 atom stereocenters. The molecule has 0 spiro atoms. The monoisotopic (exact) mass is 639 g/mol. The molecule has 1 fully saturated rings. The normalized spacial score (nSPS) is 15.7. The van der Waals surface area contributed by atoms with E-state index in [4.69, 9.17) is 4.98 Å². The average Bonchev–Trinajstić information content (AvgIpc) is 3.86. The Labute approximate surface area is 276 Å². The summed E-state index contributed by atoms with van der Waals surface area (Å²) in [6, 6.07) is 15.6. The molecule has 0 radical (unpaired) electrons. The number of nitrogens with one attached hydrogen (secondary N) is 3. The number of ether oxygens (including phenoxy) is 1. The standard InChI is InChI=1S/C36H45N7O4/c1-7-19-42(35(45)23(4)39-36(46)47-6)24(5)33-37-21-29(40-33)27-15-11-25(12-16-27)26-13-17-28(18-14-26)32-22(3)38-34(41-32)30-10-9-20-43(30)31(44)8-2/h11-18,21,23-24,30H,7-10,19-20H2,1-6H3,(H,37,40)(H,38,41)(H,39,46)/t23?,24-,30-/m0/s1. The minimum absolute atomic E-state index is 0.0126. The maximum Gasteiger partial charge on any atom is 0.407 e. The molecule has 3 amide bonds. The number of aryl methyl sites for hydroxylation is 1. The van der Waals surface area contributed by atoms with Gasteiger partial charge in [0.25, 0.3) is 0 Å². The second-order valence-electron chi connectivity index (χ2n) is 12.1. The average molecular weight is 640 g/mol. The number of amides is 3. The summed E-state index contributed by atoms with van der Waals surface area (Å²) in [6.45, 7) is 10.8. The Balaban J connectivity index is 1.27. The van der Waals surface area contributed by atoms with Crippen LogP contribution in [-0.4, -0.2) is 73.9 Å². The van der Waals surface area contributed by atoms with Gasteiger partial charge in [0, 0.05) is 30.8 Å². The van der Waals surface area contributed by atoms with Crippen LogP contribution in [0.4, 0.5) is 4.79 Å². The molecule has 2 aromatic carbocycles. The van der Waals surface area contributed by atoms with Gasteiger partial charge in [0.2, 0.25) is 11.8 Å².